The van der Waals surface area contributed by atoms with Crippen LogP contribution in [0, 0.1) is 6.92 Å². The van der Waals surface area contributed by atoms with E-state index in [1.54, 1.807) is 47.8 Å². The Bertz CT molecular complexity index is 889. The molecule has 1 aromatic heterocycles. The number of carbonyl (C=O) groups excluding carboxylic acids is 1. The third-order valence-corrected chi connectivity index (χ3v) is 4.27. The Morgan fingerprint density at radius 2 is 1.80 bits per heavy atom. The maximum Gasteiger partial charge on any atom is 0.258 e. The SMILES string of the molecule is Cc1nn(-c2ccccc2)c(Cl)c1C(=O)N(C)Cc1ccc(O)cc1. The van der Waals surface area contributed by atoms with Crippen molar-refractivity contribution < 1.29 is 9.90 Å². The number of hydrogen-bond acceptors (Lipinski definition) is 3. The monoisotopic (exact) mass is 355 g/mol. The second-order valence-corrected chi connectivity index (χ2v) is 6.18. The fraction of sp³-hybridized carbons (Fsp3) is 0.158. The highest BCUT2D eigenvalue weighted by molar-refractivity contribution is 6.33. The lowest BCUT2D eigenvalue weighted by atomic mass is 10.2. The molecule has 0 aliphatic heterocycles. The van der Waals surface area contributed by atoms with Crippen LogP contribution < -0.4 is 0 Å². The summed E-state index contributed by atoms with van der Waals surface area (Å²) >= 11 is 6.45. The number of nitrogens with zero attached hydrogens (tertiary/aromatic N) is 3. The number of carbonyl (C=O) groups is 1. The fourth-order valence-electron chi connectivity index (χ4n) is 2.62. The van der Waals surface area contributed by atoms with Crippen molar-refractivity contribution >= 4 is 17.5 Å². The zero-order valence-electron chi connectivity index (χ0n) is 14.0. The van der Waals surface area contributed by atoms with Gasteiger partial charge in [0.25, 0.3) is 5.91 Å². The number of aromatic hydroxyl groups is 1. The van der Waals surface area contributed by atoms with Gasteiger partial charge in [-0.15, -0.1) is 0 Å². The molecular formula is C19H18ClN3O2. The molecule has 0 aliphatic rings. The highest BCUT2D eigenvalue weighted by Gasteiger charge is 2.23. The third kappa shape index (κ3) is 3.51. The molecule has 5 nitrogen and oxygen atoms in total. The van der Waals surface area contributed by atoms with Gasteiger partial charge in [-0.25, -0.2) is 4.68 Å². The maximum atomic E-state index is 12.8. The smallest absolute Gasteiger partial charge is 0.258 e. The zero-order valence-corrected chi connectivity index (χ0v) is 14.7. The van der Waals surface area contributed by atoms with E-state index in [2.05, 4.69) is 5.10 Å². The Morgan fingerprint density at radius 3 is 2.44 bits per heavy atom. The van der Waals surface area contributed by atoms with Crippen molar-refractivity contribution in [3.63, 3.8) is 0 Å². The number of benzene rings is 2. The lowest BCUT2D eigenvalue weighted by molar-refractivity contribution is 0.0784. The number of phenolic OH excluding ortho intramolecular Hbond substituents is 1. The van der Waals surface area contributed by atoms with Crippen LogP contribution in [0.5, 0.6) is 5.75 Å². The summed E-state index contributed by atoms with van der Waals surface area (Å²) in [4.78, 5) is 14.4. The molecule has 0 bridgehead atoms. The maximum absolute atomic E-state index is 12.8. The third-order valence-electron chi connectivity index (χ3n) is 3.92. The highest BCUT2D eigenvalue weighted by Crippen LogP contribution is 2.25. The Kier molecular flexibility index (Phi) is 4.76. The summed E-state index contributed by atoms with van der Waals surface area (Å²) in [6.07, 6.45) is 0. The lowest BCUT2D eigenvalue weighted by Gasteiger charge is -2.17. The minimum atomic E-state index is -0.197. The summed E-state index contributed by atoms with van der Waals surface area (Å²) in [5, 5.41) is 14.1. The normalized spacial score (nSPS) is 10.7. The number of rotatable bonds is 4. The number of amides is 1. The molecule has 1 heterocycles. The quantitative estimate of drug-likeness (QED) is 0.774. The van der Waals surface area contributed by atoms with Gasteiger partial charge in [0.15, 0.2) is 0 Å². The van der Waals surface area contributed by atoms with Crippen molar-refractivity contribution in [3.05, 3.63) is 76.6 Å². The molecule has 1 N–H and O–H groups in total. The molecular weight excluding hydrogens is 338 g/mol. The first-order chi connectivity index (χ1) is 12.0. The standard InChI is InChI=1S/C19H18ClN3O2/c1-13-17(18(20)23(21-13)15-6-4-3-5-7-15)19(25)22(2)12-14-8-10-16(24)11-9-14/h3-11,24H,12H2,1-2H3. The van der Waals surface area contributed by atoms with Crippen LogP contribution in [0.2, 0.25) is 5.15 Å². The molecule has 2 aromatic carbocycles. The van der Waals surface area contributed by atoms with Gasteiger partial charge in [-0.3, -0.25) is 4.79 Å². The van der Waals surface area contributed by atoms with E-state index >= 15 is 0 Å². The minimum Gasteiger partial charge on any atom is -0.508 e. The predicted molar refractivity (Wildman–Crippen MR) is 97.2 cm³/mol. The average molecular weight is 356 g/mol. The van der Waals surface area contributed by atoms with Crippen LogP contribution in [0.3, 0.4) is 0 Å². The first kappa shape index (κ1) is 17.0. The molecule has 0 fully saturated rings. The van der Waals surface area contributed by atoms with Gasteiger partial charge in [-0.1, -0.05) is 41.9 Å². The zero-order chi connectivity index (χ0) is 18.0. The van der Waals surface area contributed by atoms with Crippen LogP contribution in [0.1, 0.15) is 21.6 Å². The van der Waals surface area contributed by atoms with Gasteiger partial charge in [0.1, 0.15) is 10.9 Å². The van der Waals surface area contributed by atoms with Gasteiger partial charge >= 0.3 is 0 Å². The molecule has 3 aromatic rings. The van der Waals surface area contributed by atoms with Crippen molar-refractivity contribution in [2.75, 3.05) is 7.05 Å². The van der Waals surface area contributed by atoms with Crippen LogP contribution in [0.15, 0.2) is 54.6 Å². The number of halogens is 1. The summed E-state index contributed by atoms with van der Waals surface area (Å²) in [6, 6.07) is 16.2. The largest absolute Gasteiger partial charge is 0.508 e. The Labute approximate surface area is 151 Å². The molecule has 0 saturated carbocycles. The minimum absolute atomic E-state index is 0.195. The van der Waals surface area contributed by atoms with Crippen molar-refractivity contribution in [3.8, 4) is 11.4 Å². The van der Waals surface area contributed by atoms with Crippen molar-refractivity contribution in [2.24, 2.45) is 0 Å². The molecule has 128 valence electrons. The fourth-order valence-corrected chi connectivity index (χ4v) is 2.97. The Balaban J connectivity index is 1.87. The molecule has 25 heavy (non-hydrogen) atoms. The molecule has 0 radical (unpaired) electrons. The van der Waals surface area contributed by atoms with E-state index in [-0.39, 0.29) is 11.7 Å². The van der Waals surface area contributed by atoms with E-state index in [0.29, 0.717) is 23.0 Å². The number of hydrogen-bond donors (Lipinski definition) is 1. The first-order valence-electron chi connectivity index (χ1n) is 7.81. The van der Waals surface area contributed by atoms with Gasteiger partial charge < -0.3 is 10.0 Å². The van der Waals surface area contributed by atoms with E-state index in [0.717, 1.165) is 11.3 Å². The number of aromatic nitrogens is 2. The van der Waals surface area contributed by atoms with Crippen molar-refractivity contribution in [1.29, 1.82) is 0 Å². The van der Waals surface area contributed by atoms with Crippen molar-refractivity contribution in [1.82, 2.24) is 14.7 Å². The van der Waals surface area contributed by atoms with Crippen molar-refractivity contribution in [2.45, 2.75) is 13.5 Å². The second kappa shape index (κ2) is 6.99. The molecule has 3 rings (SSSR count). The molecule has 0 atom stereocenters. The van der Waals surface area contributed by atoms with Crippen LogP contribution in [0.25, 0.3) is 5.69 Å². The van der Waals surface area contributed by atoms with E-state index in [1.165, 1.54) is 0 Å². The number of aryl methyl sites for hydroxylation is 1. The molecule has 0 aliphatic carbocycles. The van der Waals surface area contributed by atoms with Gasteiger partial charge in [-0.05, 0) is 36.8 Å². The lowest BCUT2D eigenvalue weighted by Crippen LogP contribution is -2.26. The summed E-state index contributed by atoms with van der Waals surface area (Å²) in [5.74, 6) is -0.00138. The molecule has 6 heteroatoms. The average Bonchev–Trinajstić information content (AvgIpc) is 2.91. The van der Waals surface area contributed by atoms with Crippen LogP contribution in [-0.2, 0) is 6.54 Å². The molecule has 0 spiro atoms. The number of phenols is 1. The van der Waals surface area contributed by atoms with E-state index in [9.17, 15) is 9.90 Å². The van der Waals surface area contributed by atoms with E-state index in [1.807, 2.05) is 30.3 Å². The second-order valence-electron chi connectivity index (χ2n) is 5.83. The van der Waals surface area contributed by atoms with Gasteiger partial charge in [0.2, 0.25) is 0 Å². The predicted octanol–water partition coefficient (Wildman–Crippen LogP) is 3.81. The first-order valence-corrected chi connectivity index (χ1v) is 8.19. The molecule has 0 unspecified atom stereocenters. The summed E-state index contributed by atoms with van der Waals surface area (Å²) in [7, 11) is 1.71. The topological polar surface area (TPSA) is 58.4 Å². The summed E-state index contributed by atoms with van der Waals surface area (Å²) in [5.41, 5.74) is 2.69. The van der Waals surface area contributed by atoms with E-state index in [4.69, 9.17) is 11.6 Å². The molecule has 0 saturated heterocycles. The van der Waals surface area contributed by atoms with E-state index < -0.39 is 0 Å². The van der Waals surface area contributed by atoms with Gasteiger partial charge in [0.05, 0.1) is 16.9 Å². The molecule has 1 amide bonds. The summed E-state index contributed by atoms with van der Waals surface area (Å²) in [6.45, 7) is 2.18. The van der Waals surface area contributed by atoms with Crippen LogP contribution in [0.4, 0.5) is 0 Å². The van der Waals surface area contributed by atoms with Gasteiger partial charge in [0, 0.05) is 13.6 Å². The Morgan fingerprint density at radius 1 is 1.16 bits per heavy atom. The summed E-state index contributed by atoms with van der Waals surface area (Å²) < 4.78 is 1.57. The number of para-hydroxylation sites is 1. The van der Waals surface area contributed by atoms with Crippen LogP contribution >= 0.6 is 11.6 Å². The van der Waals surface area contributed by atoms with Crippen LogP contribution in [-0.4, -0.2) is 32.7 Å². The highest BCUT2D eigenvalue weighted by atomic mass is 35.5. The Hall–Kier alpha value is -2.79. The van der Waals surface area contributed by atoms with Gasteiger partial charge in [-0.2, -0.15) is 5.10 Å².